The van der Waals surface area contributed by atoms with Crippen molar-refractivity contribution in [3.63, 3.8) is 0 Å². The number of para-hydroxylation sites is 1. The summed E-state index contributed by atoms with van der Waals surface area (Å²) in [4.78, 5) is 14.5. The number of anilines is 1. The van der Waals surface area contributed by atoms with E-state index in [2.05, 4.69) is 13.0 Å². The summed E-state index contributed by atoms with van der Waals surface area (Å²) in [6.07, 6.45) is 0. The molecule has 0 spiro atoms. The highest BCUT2D eigenvalue weighted by Gasteiger charge is 2.29. The number of hydrogen-bond donors (Lipinski definition) is 0. The molecule has 0 aromatic heterocycles. The third kappa shape index (κ3) is 2.05. The maximum atomic E-state index is 12.7. The monoisotopic (exact) mass is 267 g/mol. The number of hydrogen-bond acceptors (Lipinski definition) is 2. The first-order valence-electron chi connectivity index (χ1n) is 6.75. The molecule has 1 aliphatic heterocycles. The van der Waals surface area contributed by atoms with Crippen molar-refractivity contribution in [1.82, 2.24) is 0 Å². The number of rotatable bonds is 2. The third-order valence-electron chi connectivity index (χ3n) is 3.78. The normalized spacial score (nSPS) is 16.9. The summed E-state index contributed by atoms with van der Waals surface area (Å²) in [5.41, 5.74) is 2.92. The van der Waals surface area contributed by atoms with Crippen molar-refractivity contribution < 1.29 is 9.53 Å². The van der Waals surface area contributed by atoms with Crippen LogP contribution in [0.1, 0.15) is 28.8 Å². The highest BCUT2D eigenvalue weighted by Crippen LogP contribution is 2.36. The van der Waals surface area contributed by atoms with Gasteiger partial charge in [0.2, 0.25) is 0 Å². The van der Waals surface area contributed by atoms with Crippen LogP contribution in [0, 0.1) is 0 Å². The zero-order valence-corrected chi connectivity index (χ0v) is 11.7. The van der Waals surface area contributed by atoms with Crippen LogP contribution >= 0.6 is 0 Å². The maximum absolute atomic E-state index is 12.7. The molecule has 1 unspecified atom stereocenters. The Balaban J connectivity index is 1.96. The van der Waals surface area contributed by atoms with Gasteiger partial charge in [0.05, 0.1) is 7.11 Å². The van der Waals surface area contributed by atoms with Crippen LogP contribution in [0.25, 0.3) is 0 Å². The largest absolute Gasteiger partial charge is 0.497 e. The fourth-order valence-electron chi connectivity index (χ4n) is 2.72. The number of fused-ring (bicyclic) bond motifs is 1. The highest BCUT2D eigenvalue weighted by atomic mass is 16.5. The van der Waals surface area contributed by atoms with Gasteiger partial charge in [0.1, 0.15) is 5.75 Å². The van der Waals surface area contributed by atoms with E-state index >= 15 is 0 Å². The van der Waals surface area contributed by atoms with Crippen molar-refractivity contribution in [3.05, 3.63) is 59.7 Å². The lowest BCUT2D eigenvalue weighted by Gasteiger charge is -2.18. The van der Waals surface area contributed by atoms with Gasteiger partial charge >= 0.3 is 0 Å². The molecule has 20 heavy (non-hydrogen) atoms. The first kappa shape index (κ1) is 12.7. The number of nitrogens with zero attached hydrogens (tertiary/aromatic N) is 1. The summed E-state index contributed by atoms with van der Waals surface area (Å²) in [7, 11) is 1.61. The molecule has 0 aliphatic carbocycles. The number of carbonyl (C=O) groups is 1. The number of ether oxygens (including phenoxy) is 1. The molecule has 1 amide bonds. The van der Waals surface area contributed by atoms with E-state index in [9.17, 15) is 4.79 Å². The molecule has 0 bridgehead atoms. The number of methoxy groups -OCH3 is 1. The molecule has 3 rings (SSSR count). The Morgan fingerprint density at radius 1 is 1.20 bits per heavy atom. The smallest absolute Gasteiger partial charge is 0.258 e. The average molecular weight is 267 g/mol. The van der Waals surface area contributed by atoms with Gasteiger partial charge in [0.15, 0.2) is 0 Å². The fourth-order valence-corrected chi connectivity index (χ4v) is 2.72. The number of benzene rings is 2. The van der Waals surface area contributed by atoms with Gasteiger partial charge in [-0.2, -0.15) is 0 Å². The Hall–Kier alpha value is -2.29. The topological polar surface area (TPSA) is 29.5 Å². The lowest BCUT2D eigenvalue weighted by molar-refractivity contribution is 0.0988. The van der Waals surface area contributed by atoms with Gasteiger partial charge in [-0.15, -0.1) is 0 Å². The van der Waals surface area contributed by atoms with Crippen LogP contribution < -0.4 is 9.64 Å². The molecule has 3 nitrogen and oxygen atoms in total. The van der Waals surface area contributed by atoms with Gasteiger partial charge in [0, 0.05) is 23.7 Å². The van der Waals surface area contributed by atoms with Crippen LogP contribution in [0.5, 0.6) is 5.75 Å². The van der Waals surface area contributed by atoms with Gasteiger partial charge in [-0.3, -0.25) is 4.79 Å². The first-order valence-corrected chi connectivity index (χ1v) is 6.75. The molecule has 1 aliphatic rings. The number of carbonyl (C=O) groups excluding carboxylic acids is 1. The Morgan fingerprint density at radius 2 is 2.00 bits per heavy atom. The van der Waals surface area contributed by atoms with E-state index < -0.39 is 0 Å². The van der Waals surface area contributed by atoms with Gasteiger partial charge in [-0.1, -0.05) is 31.2 Å². The van der Waals surface area contributed by atoms with Crippen molar-refractivity contribution in [1.29, 1.82) is 0 Å². The second kappa shape index (κ2) is 5.00. The quantitative estimate of drug-likeness (QED) is 0.834. The second-order valence-electron chi connectivity index (χ2n) is 5.11. The number of amides is 1. The summed E-state index contributed by atoms with van der Waals surface area (Å²) in [6, 6.07) is 15.4. The van der Waals surface area contributed by atoms with Gasteiger partial charge in [-0.05, 0) is 29.8 Å². The fraction of sp³-hybridized carbons (Fsp3) is 0.235. The molecule has 0 saturated heterocycles. The molecule has 0 fully saturated rings. The van der Waals surface area contributed by atoms with E-state index in [-0.39, 0.29) is 5.91 Å². The Bertz CT molecular complexity index is 651. The van der Waals surface area contributed by atoms with Crippen molar-refractivity contribution in [3.8, 4) is 5.75 Å². The van der Waals surface area contributed by atoms with Crippen LogP contribution in [0.4, 0.5) is 5.69 Å². The minimum Gasteiger partial charge on any atom is -0.497 e. The van der Waals surface area contributed by atoms with E-state index in [0.29, 0.717) is 17.2 Å². The van der Waals surface area contributed by atoms with E-state index in [1.807, 2.05) is 41.3 Å². The molecule has 2 aromatic rings. The Kier molecular flexibility index (Phi) is 3.18. The van der Waals surface area contributed by atoms with E-state index in [1.165, 1.54) is 5.56 Å². The van der Waals surface area contributed by atoms with E-state index in [1.54, 1.807) is 13.2 Å². The van der Waals surface area contributed by atoms with Crippen LogP contribution in [0.15, 0.2) is 48.5 Å². The van der Waals surface area contributed by atoms with Crippen LogP contribution in [0.3, 0.4) is 0 Å². The maximum Gasteiger partial charge on any atom is 0.258 e. The Labute approximate surface area is 118 Å². The lowest BCUT2D eigenvalue weighted by Crippen LogP contribution is -2.29. The minimum absolute atomic E-state index is 0.0284. The molecule has 2 aromatic carbocycles. The molecule has 1 heterocycles. The molecule has 0 radical (unpaired) electrons. The van der Waals surface area contributed by atoms with Crippen molar-refractivity contribution in [2.75, 3.05) is 18.6 Å². The summed E-state index contributed by atoms with van der Waals surface area (Å²) in [5.74, 6) is 1.11. The van der Waals surface area contributed by atoms with Gasteiger partial charge in [-0.25, -0.2) is 0 Å². The molecule has 102 valence electrons. The average Bonchev–Trinajstić information content (AvgIpc) is 2.84. The molecule has 0 N–H and O–H groups in total. The third-order valence-corrected chi connectivity index (χ3v) is 3.78. The molecule has 3 heteroatoms. The van der Waals surface area contributed by atoms with Gasteiger partial charge < -0.3 is 9.64 Å². The standard InChI is InChI=1S/C17H17NO2/c1-12-11-18(16-9-4-3-8-15(12)16)17(19)13-6-5-7-14(10-13)20-2/h3-10,12H,11H2,1-2H3. The van der Waals surface area contributed by atoms with Crippen molar-refractivity contribution in [2.45, 2.75) is 12.8 Å². The highest BCUT2D eigenvalue weighted by molar-refractivity contribution is 6.07. The molecular formula is C17H17NO2. The first-order chi connectivity index (χ1) is 9.70. The predicted octanol–water partition coefficient (Wildman–Crippen LogP) is 3.46. The minimum atomic E-state index is 0.0284. The van der Waals surface area contributed by atoms with E-state index in [4.69, 9.17) is 4.74 Å². The van der Waals surface area contributed by atoms with E-state index in [0.717, 1.165) is 12.2 Å². The van der Waals surface area contributed by atoms with Crippen molar-refractivity contribution >= 4 is 11.6 Å². The molecule has 0 saturated carbocycles. The zero-order chi connectivity index (χ0) is 14.1. The predicted molar refractivity (Wildman–Crippen MR) is 79.5 cm³/mol. The van der Waals surface area contributed by atoms with Crippen molar-refractivity contribution in [2.24, 2.45) is 0 Å². The summed E-state index contributed by atoms with van der Waals surface area (Å²) in [6.45, 7) is 2.88. The SMILES string of the molecule is COc1cccc(C(=O)N2CC(C)c3ccccc32)c1. The van der Waals surface area contributed by atoms with Gasteiger partial charge in [0.25, 0.3) is 5.91 Å². The summed E-state index contributed by atoms with van der Waals surface area (Å²) < 4.78 is 5.19. The van der Waals surface area contributed by atoms with Crippen LogP contribution in [-0.2, 0) is 0 Å². The lowest BCUT2D eigenvalue weighted by atomic mass is 10.0. The van der Waals surface area contributed by atoms with Crippen LogP contribution in [0.2, 0.25) is 0 Å². The molecule has 1 atom stereocenters. The molecular weight excluding hydrogens is 250 g/mol. The Morgan fingerprint density at radius 3 is 2.80 bits per heavy atom. The second-order valence-corrected chi connectivity index (χ2v) is 5.11. The van der Waals surface area contributed by atoms with Crippen LogP contribution in [-0.4, -0.2) is 19.6 Å². The summed E-state index contributed by atoms with van der Waals surface area (Å²) >= 11 is 0. The summed E-state index contributed by atoms with van der Waals surface area (Å²) in [5, 5.41) is 0. The zero-order valence-electron chi connectivity index (χ0n) is 11.7.